The van der Waals surface area contributed by atoms with Crippen molar-refractivity contribution in [2.24, 2.45) is 4.99 Å². The van der Waals surface area contributed by atoms with Crippen LogP contribution in [0.25, 0.3) is 0 Å². The molecule has 0 atom stereocenters. The van der Waals surface area contributed by atoms with Gasteiger partial charge in [0, 0.05) is 39.7 Å². The minimum Gasteiger partial charge on any atom is -0.383 e. The molecule has 1 aliphatic carbocycles. The number of ether oxygens (including phenoxy) is 1. The Balaban J connectivity index is 2.05. The lowest BCUT2D eigenvalue weighted by Crippen LogP contribution is -2.46. The van der Waals surface area contributed by atoms with Gasteiger partial charge in [0.2, 0.25) is 5.91 Å². The second-order valence-corrected chi connectivity index (χ2v) is 7.08. The van der Waals surface area contributed by atoms with Gasteiger partial charge in [0.1, 0.15) is 6.54 Å². The zero-order chi connectivity index (χ0) is 18.8. The van der Waals surface area contributed by atoms with Crippen LogP contribution in [0.5, 0.6) is 0 Å². The number of aliphatic imine (C=N–C) groups is 1. The lowest BCUT2D eigenvalue weighted by Gasteiger charge is -2.31. The van der Waals surface area contributed by atoms with E-state index in [1.54, 1.807) is 26.1 Å². The van der Waals surface area contributed by atoms with Crippen LogP contribution < -0.4 is 10.6 Å². The molecule has 0 heterocycles. The number of rotatable bonds is 8. The highest BCUT2D eigenvalue weighted by Gasteiger charge is 2.35. The first-order chi connectivity index (χ1) is 12.6. The van der Waals surface area contributed by atoms with Crippen molar-refractivity contribution in [3.63, 3.8) is 0 Å². The second-order valence-electron chi connectivity index (χ2n) is 7.08. The number of guanidine groups is 1. The van der Waals surface area contributed by atoms with Crippen molar-refractivity contribution in [3.05, 3.63) is 35.9 Å². The SMILES string of the molecule is COCCNC(=NCC(=O)N(C)C)NCC1(c2ccccc2)CCCC1. The number of likely N-dealkylation sites (N-methyl/N-ethyl adjacent to an activating group) is 1. The van der Waals surface area contributed by atoms with Crippen LogP contribution >= 0.6 is 0 Å². The van der Waals surface area contributed by atoms with Gasteiger partial charge in [-0.3, -0.25) is 4.79 Å². The molecule has 0 aromatic heterocycles. The third kappa shape index (κ3) is 5.73. The summed E-state index contributed by atoms with van der Waals surface area (Å²) in [6, 6.07) is 10.7. The zero-order valence-electron chi connectivity index (χ0n) is 16.3. The van der Waals surface area contributed by atoms with Gasteiger partial charge in [0.25, 0.3) is 0 Å². The number of hydrogen-bond acceptors (Lipinski definition) is 3. The van der Waals surface area contributed by atoms with E-state index >= 15 is 0 Å². The van der Waals surface area contributed by atoms with E-state index < -0.39 is 0 Å². The Labute approximate surface area is 157 Å². The van der Waals surface area contributed by atoms with E-state index in [1.165, 1.54) is 31.2 Å². The van der Waals surface area contributed by atoms with Gasteiger partial charge in [-0.2, -0.15) is 0 Å². The van der Waals surface area contributed by atoms with Crippen molar-refractivity contribution in [1.29, 1.82) is 0 Å². The molecule has 1 amide bonds. The predicted octanol–water partition coefficient (Wildman–Crippen LogP) is 1.77. The van der Waals surface area contributed by atoms with Crippen molar-refractivity contribution in [2.45, 2.75) is 31.1 Å². The van der Waals surface area contributed by atoms with E-state index in [-0.39, 0.29) is 17.9 Å². The molecule has 1 saturated carbocycles. The summed E-state index contributed by atoms with van der Waals surface area (Å²) >= 11 is 0. The largest absolute Gasteiger partial charge is 0.383 e. The normalized spacial score (nSPS) is 16.3. The highest BCUT2D eigenvalue weighted by Crippen LogP contribution is 2.40. The molecule has 1 aromatic carbocycles. The molecule has 6 heteroatoms. The van der Waals surface area contributed by atoms with Crippen LogP contribution in [0.2, 0.25) is 0 Å². The fourth-order valence-corrected chi connectivity index (χ4v) is 3.40. The number of benzene rings is 1. The highest BCUT2D eigenvalue weighted by atomic mass is 16.5. The van der Waals surface area contributed by atoms with Gasteiger partial charge >= 0.3 is 0 Å². The molecule has 2 rings (SSSR count). The summed E-state index contributed by atoms with van der Waals surface area (Å²) < 4.78 is 5.10. The van der Waals surface area contributed by atoms with Gasteiger partial charge in [-0.1, -0.05) is 43.2 Å². The fraction of sp³-hybridized carbons (Fsp3) is 0.600. The number of nitrogens with zero attached hydrogens (tertiary/aromatic N) is 2. The minimum absolute atomic E-state index is 0.0171. The third-order valence-electron chi connectivity index (χ3n) is 5.01. The number of nitrogens with one attached hydrogen (secondary N) is 2. The topological polar surface area (TPSA) is 66.0 Å². The average Bonchev–Trinajstić information content (AvgIpc) is 3.14. The maximum absolute atomic E-state index is 11.9. The molecular weight excluding hydrogens is 328 g/mol. The Morgan fingerprint density at radius 2 is 1.88 bits per heavy atom. The van der Waals surface area contributed by atoms with Crippen LogP contribution in [0.15, 0.2) is 35.3 Å². The number of carbonyl (C=O) groups is 1. The van der Waals surface area contributed by atoms with Crippen LogP contribution in [0.3, 0.4) is 0 Å². The summed E-state index contributed by atoms with van der Waals surface area (Å²) in [5.74, 6) is 0.649. The molecule has 26 heavy (non-hydrogen) atoms. The molecule has 144 valence electrons. The van der Waals surface area contributed by atoms with Gasteiger partial charge in [-0.15, -0.1) is 0 Å². The maximum atomic E-state index is 11.9. The highest BCUT2D eigenvalue weighted by molar-refractivity contribution is 5.84. The van der Waals surface area contributed by atoms with E-state index in [0.717, 1.165) is 6.54 Å². The van der Waals surface area contributed by atoms with Crippen molar-refractivity contribution in [1.82, 2.24) is 15.5 Å². The van der Waals surface area contributed by atoms with Gasteiger partial charge in [0.15, 0.2) is 5.96 Å². The average molecular weight is 361 g/mol. The summed E-state index contributed by atoms with van der Waals surface area (Å²) in [7, 11) is 5.16. The van der Waals surface area contributed by atoms with E-state index in [9.17, 15) is 4.79 Å². The molecule has 2 N–H and O–H groups in total. The maximum Gasteiger partial charge on any atom is 0.243 e. The van der Waals surface area contributed by atoms with E-state index in [2.05, 4.69) is 46.0 Å². The number of amides is 1. The molecule has 1 aromatic rings. The first kappa shape index (κ1) is 20.2. The smallest absolute Gasteiger partial charge is 0.243 e. The molecular formula is C20H32N4O2. The molecule has 0 unspecified atom stereocenters. The van der Waals surface area contributed by atoms with Crippen LogP contribution in [-0.4, -0.2) is 64.2 Å². The molecule has 0 spiro atoms. The van der Waals surface area contributed by atoms with E-state index in [1.807, 2.05) is 0 Å². The van der Waals surface area contributed by atoms with Gasteiger partial charge in [-0.25, -0.2) is 4.99 Å². The number of methoxy groups -OCH3 is 1. The monoisotopic (exact) mass is 360 g/mol. The first-order valence-corrected chi connectivity index (χ1v) is 9.34. The lowest BCUT2D eigenvalue weighted by atomic mass is 9.79. The van der Waals surface area contributed by atoms with Gasteiger partial charge < -0.3 is 20.3 Å². The summed E-state index contributed by atoms with van der Waals surface area (Å²) in [6.07, 6.45) is 4.84. The molecule has 6 nitrogen and oxygen atoms in total. The fourth-order valence-electron chi connectivity index (χ4n) is 3.40. The molecule has 1 aliphatic rings. The molecule has 1 fully saturated rings. The Bertz CT molecular complexity index is 581. The molecule has 0 radical (unpaired) electrons. The number of carbonyl (C=O) groups excluding carboxylic acids is 1. The van der Waals surface area contributed by atoms with E-state index in [4.69, 9.17) is 4.74 Å². The summed E-state index contributed by atoms with van der Waals surface area (Å²) in [4.78, 5) is 17.9. The molecule has 0 bridgehead atoms. The minimum atomic E-state index is -0.0171. The Morgan fingerprint density at radius 1 is 1.19 bits per heavy atom. The van der Waals surface area contributed by atoms with Crippen molar-refractivity contribution in [2.75, 3.05) is 47.4 Å². The third-order valence-corrected chi connectivity index (χ3v) is 5.01. The van der Waals surface area contributed by atoms with Crippen LogP contribution in [-0.2, 0) is 14.9 Å². The second kappa shape index (κ2) is 10.2. The Hall–Kier alpha value is -2.08. The van der Waals surface area contributed by atoms with Crippen molar-refractivity contribution < 1.29 is 9.53 Å². The van der Waals surface area contributed by atoms with Gasteiger partial charge in [0.05, 0.1) is 6.61 Å². The van der Waals surface area contributed by atoms with Crippen LogP contribution in [0, 0.1) is 0 Å². The standard InChI is InChI=1S/C20H32N4O2/c1-24(2)18(25)15-22-19(21-13-14-26-3)23-16-20(11-7-8-12-20)17-9-5-4-6-10-17/h4-6,9-10H,7-8,11-16H2,1-3H3,(H2,21,22,23). The molecule has 0 saturated heterocycles. The summed E-state index contributed by atoms with van der Waals surface area (Å²) in [5, 5.41) is 6.72. The number of hydrogen-bond donors (Lipinski definition) is 2. The quantitative estimate of drug-likeness (QED) is 0.421. The lowest BCUT2D eigenvalue weighted by molar-refractivity contribution is -0.127. The van der Waals surface area contributed by atoms with Crippen molar-refractivity contribution in [3.8, 4) is 0 Å². The van der Waals surface area contributed by atoms with Crippen LogP contribution in [0.1, 0.15) is 31.2 Å². The van der Waals surface area contributed by atoms with Crippen LogP contribution in [0.4, 0.5) is 0 Å². The first-order valence-electron chi connectivity index (χ1n) is 9.34. The summed E-state index contributed by atoms with van der Waals surface area (Å²) in [6.45, 7) is 2.18. The Kier molecular flexibility index (Phi) is 7.91. The Morgan fingerprint density at radius 3 is 2.50 bits per heavy atom. The predicted molar refractivity (Wildman–Crippen MR) is 105 cm³/mol. The zero-order valence-corrected chi connectivity index (χ0v) is 16.3. The molecule has 0 aliphatic heterocycles. The van der Waals surface area contributed by atoms with Gasteiger partial charge in [-0.05, 0) is 18.4 Å². The van der Waals surface area contributed by atoms with E-state index in [0.29, 0.717) is 19.1 Å². The van der Waals surface area contributed by atoms with Crippen molar-refractivity contribution >= 4 is 11.9 Å². The summed E-state index contributed by atoms with van der Waals surface area (Å²) in [5.41, 5.74) is 1.52.